The summed E-state index contributed by atoms with van der Waals surface area (Å²) in [4.78, 5) is 14.3. The number of H-pyrrole nitrogens is 1. The molecule has 0 saturated carbocycles. The Hall–Kier alpha value is -2.76. The molecule has 0 atom stereocenters. The van der Waals surface area contributed by atoms with Crippen LogP contribution in [0, 0.1) is 6.92 Å². The molecule has 0 aliphatic heterocycles. The third kappa shape index (κ3) is 3.42. The second-order valence-corrected chi connectivity index (χ2v) is 5.61. The number of ether oxygens (including phenoxy) is 2. The molecule has 3 aromatic rings. The van der Waals surface area contributed by atoms with Gasteiger partial charge in [0, 0.05) is 19.8 Å². The van der Waals surface area contributed by atoms with Crippen LogP contribution in [0.25, 0.3) is 11.0 Å². The zero-order valence-corrected chi connectivity index (χ0v) is 14.2. The third-order valence-corrected chi connectivity index (χ3v) is 3.82. The van der Waals surface area contributed by atoms with E-state index < -0.39 is 0 Å². The van der Waals surface area contributed by atoms with E-state index in [1.54, 1.807) is 7.11 Å². The van der Waals surface area contributed by atoms with Gasteiger partial charge >= 0.3 is 0 Å². The zero-order chi connectivity index (χ0) is 16.9. The molecule has 24 heavy (non-hydrogen) atoms. The van der Waals surface area contributed by atoms with Crippen molar-refractivity contribution >= 4 is 16.9 Å². The van der Waals surface area contributed by atoms with Gasteiger partial charge in [-0.15, -0.1) is 0 Å². The van der Waals surface area contributed by atoms with Crippen molar-refractivity contribution in [3.8, 4) is 11.5 Å². The standard InChI is InChI=1S/C18H22N4O2/c1-13-20-14-9-10-19-17(14)18(21-13)22(2)11-6-12-24-16-8-5-4-7-15(16)23-3/h4-5,7-10,19H,6,11-12H2,1-3H3. The van der Waals surface area contributed by atoms with E-state index in [1.165, 1.54) is 0 Å². The first-order chi connectivity index (χ1) is 11.7. The minimum atomic E-state index is 0.614. The van der Waals surface area contributed by atoms with Gasteiger partial charge in [-0.1, -0.05) is 12.1 Å². The first-order valence-corrected chi connectivity index (χ1v) is 7.97. The predicted molar refractivity (Wildman–Crippen MR) is 95.0 cm³/mol. The highest BCUT2D eigenvalue weighted by Crippen LogP contribution is 2.26. The van der Waals surface area contributed by atoms with E-state index in [0.29, 0.717) is 6.61 Å². The van der Waals surface area contributed by atoms with E-state index >= 15 is 0 Å². The Bertz CT molecular complexity index is 816. The molecule has 0 bridgehead atoms. The summed E-state index contributed by atoms with van der Waals surface area (Å²) in [5.74, 6) is 3.21. The second kappa shape index (κ2) is 7.21. The quantitative estimate of drug-likeness (QED) is 0.676. The van der Waals surface area contributed by atoms with Gasteiger partial charge in [0.25, 0.3) is 0 Å². The fraction of sp³-hybridized carbons (Fsp3) is 0.333. The first kappa shape index (κ1) is 16.1. The number of hydrogen-bond acceptors (Lipinski definition) is 5. The van der Waals surface area contributed by atoms with Crippen LogP contribution >= 0.6 is 0 Å². The van der Waals surface area contributed by atoms with E-state index in [9.17, 15) is 0 Å². The fourth-order valence-corrected chi connectivity index (χ4v) is 2.65. The number of aryl methyl sites for hydroxylation is 1. The van der Waals surface area contributed by atoms with Crippen molar-refractivity contribution in [1.82, 2.24) is 15.0 Å². The highest BCUT2D eigenvalue weighted by atomic mass is 16.5. The summed E-state index contributed by atoms with van der Waals surface area (Å²) in [7, 11) is 3.68. The predicted octanol–water partition coefficient (Wildman–Crippen LogP) is 3.18. The number of rotatable bonds is 7. The summed E-state index contributed by atoms with van der Waals surface area (Å²) in [5, 5.41) is 0. The Balaban J connectivity index is 1.59. The van der Waals surface area contributed by atoms with Crippen LogP contribution in [0.3, 0.4) is 0 Å². The number of nitrogens with one attached hydrogen (secondary N) is 1. The molecular formula is C18H22N4O2. The molecule has 3 rings (SSSR count). The molecular weight excluding hydrogens is 304 g/mol. The van der Waals surface area contributed by atoms with Crippen molar-refractivity contribution in [3.63, 3.8) is 0 Å². The third-order valence-electron chi connectivity index (χ3n) is 3.82. The highest BCUT2D eigenvalue weighted by Gasteiger charge is 2.11. The maximum absolute atomic E-state index is 5.82. The number of fused-ring (bicyclic) bond motifs is 1. The second-order valence-electron chi connectivity index (χ2n) is 5.61. The molecule has 1 aromatic carbocycles. The van der Waals surface area contributed by atoms with E-state index in [-0.39, 0.29) is 0 Å². The summed E-state index contributed by atoms with van der Waals surface area (Å²) in [5.41, 5.74) is 1.91. The minimum Gasteiger partial charge on any atom is -0.493 e. The van der Waals surface area contributed by atoms with Crippen LogP contribution < -0.4 is 14.4 Å². The Labute approximate surface area is 141 Å². The lowest BCUT2D eigenvalue weighted by molar-refractivity contribution is 0.290. The van der Waals surface area contributed by atoms with Crippen LogP contribution in [0.15, 0.2) is 36.5 Å². The van der Waals surface area contributed by atoms with E-state index in [0.717, 1.165) is 47.1 Å². The number of nitrogens with zero attached hydrogens (tertiary/aromatic N) is 3. The topological polar surface area (TPSA) is 63.3 Å². The SMILES string of the molecule is COc1ccccc1OCCCN(C)c1nc(C)nc2cc[nH]c12. The van der Waals surface area contributed by atoms with Gasteiger partial charge in [0.05, 0.1) is 19.2 Å². The van der Waals surface area contributed by atoms with Crippen LogP contribution in [-0.2, 0) is 0 Å². The Morgan fingerprint density at radius 1 is 1.12 bits per heavy atom. The molecule has 1 N–H and O–H groups in total. The maximum atomic E-state index is 5.82. The van der Waals surface area contributed by atoms with E-state index in [2.05, 4.69) is 19.9 Å². The molecule has 0 fully saturated rings. The van der Waals surface area contributed by atoms with Crippen molar-refractivity contribution in [1.29, 1.82) is 0 Å². The van der Waals surface area contributed by atoms with Crippen LogP contribution in [0.5, 0.6) is 11.5 Å². The Morgan fingerprint density at radius 3 is 2.71 bits per heavy atom. The summed E-state index contributed by atoms with van der Waals surface area (Å²) in [6, 6.07) is 9.65. The van der Waals surface area contributed by atoms with Crippen molar-refractivity contribution in [2.75, 3.05) is 32.2 Å². The zero-order valence-electron chi connectivity index (χ0n) is 14.2. The molecule has 6 nitrogen and oxygen atoms in total. The molecule has 0 aliphatic rings. The summed E-state index contributed by atoms with van der Waals surface area (Å²) < 4.78 is 11.1. The number of hydrogen-bond donors (Lipinski definition) is 1. The van der Waals surface area contributed by atoms with Crippen molar-refractivity contribution < 1.29 is 9.47 Å². The monoisotopic (exact) mass is 326 g/mol. The fourth-order valence-electron chi connectivity index (χ4n) is 2.65. The summed E-state index contributed by atoms with van der Waals surface area (Å²) in [6.45, 7) is 3.36. The lowest BCUT2D eigenvalue weighted by Gasteiger charge is -2.19. The number of para-hydroxylation sites is 2. The van der Waals surface area contributed by atoms with Gasteiger partial charge in [-0.3, -0.25) is 0 Å². The molecule has 0 amide bonds. The smallest absolute Gasteiger partial charge is 0.161 e. The van der Waals surface area contributed by atoms with Crippen LogP contribution in [0.4, 0.5) is 5.82 Å². The maximum Gasteiger partial charge on any atom is 0.161 e. The lowest BCUT2D eigenvalue weighted by Crippen LogP contribution is -2.22. The van der Waals surface area contributed by atoms with Gasteiger partial charge in [0.1, 0.15) is 11.3 Å². The highest BCUT2D eigenvalue weighted by molar-refractivity contribution is 5.86. The van der Waals surface area contributed by atoms with Gasteiger partial charge < -0.3 is 19.4 Å². The van der Waals surface area contributed by atoms with Crippen molar-refractivity contribution in [2.45, 2.75) is 13.3 Å². The largest absolute Gasteiger partial charge is 0.493 e. The van der Waals surface area contributed by atoms with Crippen LogP contribution in [0.2, 0.25) is 0 Å². The van der Waals surface area contributed by atoms with E-state index in [4.69, 9.17) is 9.47 Å². The molecule has 0 radical (unpaired) electrons. The molecule has 2 heterocycles. The average Bonchev–Trinajstić information content (AvgIpc) is 3.06. The molecule has 0 aliphatic carbocycles. The Morgan fingerprint density at radius 2 is 1.92 bits per heavy atom. The van der Waals surface area contributed by atoms with Gasteiger partial charge in [0.2, 0.25) is 0 Å². The van der Waals surface area contributed by atoms with Gasteiger partial charge in [-0.05, 0) is 31.5 Å². The number of aromatic nitrogens is 3. The van der Waals surface area contributed by atoms with E-state index in [1.807, 2.05) is 50.5 Å². The van der Waals surface area contributed by atoms with Gasteiger partial charge in [0.15, 0.2) is 17.3 Å². The average molecular weight is 326 g/mol. The van der Waals surface area contributed by atoms with Crippen LogP contribution in [0.1, 0.15) is 12.2 Å². The van der Waals surface area contributed by atoms with Crippen molar-refractivity contribution in [3.05, 3.63) is 42.4 Å². The molecule has 0 spiro atoms. The number of aromatic amines is 1. The molecule has 0 unspecified atom stereocenters. The molecule has 0 saturated heterocycles. The Kier molecular flexibility index (Phi) is 4.84. The van der Waals surface area contributed by atoms with Gasteiger partial charge in [-0.2, -0.15) is 0 Å². The number of methoxy groups -OCH3 is 1. The number of anilines is 1. The van der Waals surface area contributed by atoms with Crippen LogP contribution in [-0.4, -0.2) is 42.3 Å². The molecule has 6 heteroatoms. The summed E-state index contributed by atoms with van der Waals surface area (Å²) in [6.07, 6.45) is 2.76. The molecule has 126 valence electrons. The van der Waals surface area contributed by atoms with Crippen molar-refractivity contribution in [2.24, 2.45) is 0 Å². The molecule has 2 aromatic heterocycles. The van der Waals surface area contributed by atoms with Gasteiger partial charge in [-0.25, -0.2) is 9.97 Å². The lowest BCUT2D eigenvalue weighted by atomic mass is 10.3. The minimum absolute atomic E-state index is 0.614. The normalized spacial score (nSPS) is 10.8. The summed E-state index contributed by atoms with van der Waals surface area (Å²) >= 11 is 0. The number of benzene rings is 1. The first-order valence-electron chi connectivity index (χ1n) is 7.97.